The molecule has 2 saturated carbocycles. The topological polar surface area (TPSA) is 61.4 Å². The largest absolute Gasteiger partial charge is 0.396 e. The fourth-order valence-electron chi connectivity index (χ4n) is 3.11. The summed E-state index contributed by atoms with van der Waals surface area (Å²) in [6.45, 7) is 3.90. The van der Waals surface area contributed by atoms with Crippen molar-refractivity contribution in [3.05, 3.63) is 0 Å². The van der Waals surface area contributed by atoms with Gasteiger partial charge in [-0.25, -0.2) is 4.79 Å². The zero-order valence-corrected chi connectivity index (χ0v) is 12.1. The minimum Gasteiger partial charge on any atom is -0.396 e. The molecule has 2 rings (SSSR count). The molecule has 2 amide bonds. The third kappa shape index (κ3) is 4.68. The van der Waals surface area contributed by atoms with Crippen LogP contribution < -0.4 is 10.6 Å². The molecule has 4 nitrogen and oxygen atoms in total. The number of aliphatic hydroxyl groups excluding tert-OH is 1. The van der Waals surface area contributed by atoms with Gasteiger partial charge in [0.15, 0.2) is 0 Å². The van der Waals surface area contributed by atoms with Gasteiger partial charge < -0.3 is 15.7 Å². The van der Waals surface area contributed by atoms with E-state index in [1.54, 1.807) is 0 Å². The van der Waals surface area contributed by atoms with E-state index in [9.17, 15) is 4.79 Å². The lowest BCUT2D eigenvalue weighted by Crippen LogP contribution is -2.40. The van der Waals surface area contributed by atoms with Crippen LogP contribution in [0.5, 0.6) is 0 Å². The Labute approximate surface area is 116 Å². The third-order valence-corrected chi connectivity index (χ3v) is 4.80. The molecule has 2 aliphatic rings. The summed E-state index contributed by atoms with van der Waals surface area (Å²) in [5.41, 5.74) is -0.00383. The lowest BCUT2D eigenvalue weighted by Gasteiger charge is -2.26. The van der Waals surface area contributed by atoms with Gasteiger partial charge >= 0.3 is 6.03 Å². The molecular weight excluding hydrogens is 240 g/mol. The van der Waals surface area contributed by atoms with Crippen LogP contribution in [0.15, 0.2) is 0 Å². The lowest BCUT2D eigenvalue weighted by atomic mass is 9.81. The first-order valence-corrected chi connectivity index (χ1v) is 7.76. The minimum absolute atomic E-state index is 0.00383. The van der Waals surface area contributed by atoms with Crippen molar-refractivity contribution in [2.45, 2.75) is 51.9 Å². The van der Waals surface area contributed by atoms with E-state index in [0.717, 1.165) is 37.6 Å². The van der Waals surface area contributed by atoms with E-state index in [1.165, 1.54) is 25.7 Å². The molecule has 0 radical (unpaired) electrons. The normalized spacial score (nSPS) is 28.7. The summed E-state index contributed by atoms with van der Waals surface area (Å²) in [5, 5.41) is 15.0. The van der Waals surface area contributed by atoms with Gasteiger partial charge in [-0.05, 0) is 37.5 Å². The Morgan fingerprint density at radius 3 is 2.74 bits per heavy atom. The Morgan fingerprint density at radius 2 is 2.11 bits per heavy atom. The summed E-state index contributed by atoms with van der Waals surface area (Å²) >= 11 is 0. The number of amides is 2. The van der Waals surface area contributed by atoms with Gasteiger partial charge in [0, 0.05) is 18.5 Å². The monoisotopic (exact) mass is 268 g/mol. The van der Waals surface area contributed by atoms with Crippen LogP contribution in [-0.2, 0) is 0 Å². The Bertz CT molecular complexity index is 303. The van der Waals surface area contributed by atoms with Crippen molar-refractivity contribution in [3.63, 3.8) is 0 Å². The zero-order chi connectivity index (χ0) is 13.7. The number of nitrogens with one attached hydrogen (secondary N) is 2. The highest BCUT2D eigenvalue weighted by atomic mass is 16.3. The number of rotatable bonds is 6. The molecule has 0 aliphatic heterocycles. The molecule has 4 heteroatoms. The molecule has 2 aliphatic carbocycles. The number of aliphatic hydroxyl groups is 1. The number of carbonyl (C=O) groups is 1. The molecule has 2 unspecified atom stereocenters. The van der Waals surface area contributed by atoms with Gasteiger partial charge in [0.05, 0.1) is 6.61 Å². The van der Waals surface area contributed by atoms with E-state index in [-0.39, 0.29) is 18.1 Å². The van der Waals surface area contributed by atoms with Gasteiger partial charge in [0.2, 0.25) is 0 Å². The zero-order valence-electron chi connectivity index (χ0n) is 12.1. The fourth-order valence-corrected chi connectivity index (χ4v) is 3.11. The van der Waals surface area contributed by atoms with Crippen LogP contribution in [0.2, 0.25) is 0 Å². The van der Waals surface area contributed by atoms with Crippen LogP contribution in [0.3, 0.4) is 0 Å². The molecule has 2 atom stereocenters. The summed E-state index contributed by atoms with van der Waals surface area (Å²) in [7, 11) is 0. The SMILES string of the molecule is CC1CCCC(CCNC(=O)NCC2(CO)CC2)C1. The maximum Gasteiger partial charge on any atom is 0.314 e. The van der Waals surface area contributed by atoms with Crippen molar-refractivity contribution < 1.29 is 9.90 Å². The fraction of sp³-hybridized carbons (Fsp3) is 0.933. The summed E-state index contributed by atoms with van der Waals surface area (Å²) in [5.74, 6) is 1.64. The highest BCUT2D eigenvalue weighted by Crippen LogP contribution is 2.44. The molecule has 0 saturated heterocycles. The van der Waals surface area contributed by atoms with E-state index in [0.29, 0.717) is 6.54 Å². The molecule has 110 valence electrons. The van der Waals surface area contributed by atoms with Gasteiger partial charge in [-0.2, -0.15) is 0 Å². The predicted octanol–water partition coefficient (Wildman–Crippen LogP) is 2.27. The van der Waals surface area contributed by atoms with Crippen molar-refractivity contribution in [3.8, 4) is 0 Å². The van der Waals surface area contributed by atoms with Crippen molar-refractivity contribution in [2.24, 2.45) is 17.3 Å². The molecule has 0 heterocycles. The average molecular weight is 268 g/mol. The molecule has 2 fully saturated rings. The summed E-state index contributed by atoms with van der Waals surface area (Å²) in [4.78, 5) is 11.6. The van der Waals surface area contributed by atoms with E-state index in [1.807, 2.05) is 0 Å². The third-order valence-electron chi connectivity index (χ3n) is 4.80. The highest BCUT2D eigenvalue weighted by molar-refractivity contribution is 5.73. The Kier molecular flexibility index (Phi) is 5.08. The standard InChI is InChI=1S/C15H28N2O2/c1-12-3-2-4-13(9-12)5-8-16-14(19)17-10-15(11-18)6-7-15/h12-13,18H,2-11H2,1H3,(H2,16,17,19). The minimum atomic E-state index is -0.0800. The maximum absolute atomic E-state index is 11.6. The van der Waals surface area contributed by atoms with Gasteiger partial charge in [-0.1, -0.05) is 26.2 Å². The van der Waals surface area contributed by atoms with Crippen molar-refractivity contribution in [1.29, 1.82) is 0 Å². The molecule has 0 aromatic heterocycles. The first-order chi connectivity index (χ1) is 9.13. The highest BCUT2D eigenvalue weighted by Gasteiger charge is 2.42. The molecule has 19 heavy (non-hydrogen) atoms. The lowest BCUT2D eigenvalue weighted by molar-refractivity contribution is 0.202. The first-order valence-electron chi connectivity index (χ1n) is 7.76. The van der Waals surface area contributed by atoms with E-state index in [2.05, 4.69) is 17.6 Å². The van der Waals surface area contributed by atoms with E-state index >= 15 is 0 Å². The Morgan fingerprint density at radius 1 is 1.32 bits per heavy atom. The smallest absolute Gasteiger partial charge is 0.314 e. The van der Waals surface area contributed by atoms with E-state index < -0.39 is 0 Å². The second-order valence-corrected chi connectivity index (χ2v) is 6.69. The van der Waals surface area contributed by atoms with Gasteiger partial charge in [-0.3, -0.25) is 0 Å². The molecule has 3 N–H and O–H groups in total. The summed E-state index contributed by atoms with van der Waals surface area (Å²) in [6, 6.07) is -0.0800. The van der Waals surface area contributed by atoms with Gasteiger partial charge in [0.25, 0.3) is 0 Å². The van der Waals surface area contributed by atoms with Crippen LogP contribution >= 0.6 is 0 Å². The average Bonchev–Trinajstić information content (AvgIpc) is 3.17. The van der Waals surface area contributed by atoms with Gasteiger partial charge in [0.1, 0.15) is 0 Å². The molecule has 0 bridgehead atoms. The molecule has 0 aromatic rings. The number of hydrogen-bond donors (Lipinski definition) is 3. The maximum atomic E-state index is 11.6. The second kappa shape index (κ2) is 6.60. The van der Waals surface area contributed by atoms with Crippen LogP contribution in [0.1, 0.15) is 51.9 Å². The van der Waals surface area contributed by atoms with Crippen molar-refractivity contribution in [1.82, 2.24) is 10.6 Å². The number of hydrogen-bond acceptors (Lipinski definition) is 2. The molecule has 0 aromatic carbocycles. The van der Waals surface area contributed by atoms with E-state index in [4.69, 9.17) is 5.11 Å². The van der Waals surface area contributed by atoms with Crippen molar-refractivity contribution >= 4 is 6.03 Å². The summed E-state index contributed by atoms with van der Waals surface area (Å²) in [6.07, 6.45) is 8.51. The Balaban J connectivity index is 1.54. The second-order valence-electron chi connectivity index (χ2n) is 6.69. The Hall–Kier alpha value is -0.770. The van der Waals surface area contributed by atoms with Crippen LogP contribution in [0.4, 0.5) is 4.79 Å². The quantitative estimate of drug-likeness (QED) is 0.692. The number of carbonyl (C=O) groups excluding carboxylic acids is 1. The van der Waals surface area contributed by atoms with Crippen molar-refractivity contribution in [2.75, 3.05) is 19.7 Å². The molecule has 0 spiro atoms. The van der Waals surface area contributed by atoms with Crippen LogP contribution in [0.25, 0.3) is 0 Å². The van der Waals surface area contributed by atoms with Crippen LogP contribution in [0, 0.1) is 17.3 Å². The molecular formula is C15H28N2O2. The van der Waals surface area contributed by atoms with Crippen LogP contribution in [-0.4, -0.2) is 30.8 Å². The van der Waals surface area contributed by atoms with Gasteiger partial charge in [-0.15, -0.1) is 0 Å². The number of urea groups is 1. The predicted molar refractivity (Wildman–Crippen MR) is 75.9 cm³/mol. The first kappa shape index (κ1) is 14.6. The summed E-state index contributed by atoms with van der Waals surface area (Å²) < 4.78 is 0.